The second-order valence-corrected chi connectivity index (χ2v) is 5.59. The zero-order chi connectivity index (χ0) is 16.2. The van der Waals surface area contributed by atoms with Gasteiger partial charge in [-0.2, -0.15) is 0 Å². The number of carbonyl (C=O) groups is 1. The Morgan fingerprint density at radius 2 is 2.17 bits per heavy atom. The average Bonchev–Trinajstić information content (AvgIpc) is 3.04. The van der Waals surface area contributed by atoms with Crippen LogP contribution in [0.4, 0.5) is 5.82 Å². The zero-order valence-corrected chi connectivity index (χ0v) is 13.2. The molecule has 1 atom stereocenters. The third-order valence-corrected chi connectivity index (χ3v) is 3.68. The number of aromatic nitrogens is 3. The highest BCUT2D eigenvalue weighted by Crippen LogP contribution is 2.26. The number of nitrogens with zero attached hydrogens (tertiary/aromatic N) is 5. The molecule has 1 saturated heterocycles. The highest BCUT2D eigenvalue weighted by atomic mass is 16.5. The van der Waals surface area contributed by atoms with Gasteiger partial charge in [-0.25, -0.2) is 9.97 Å². The molecule has 2 aromatic rings. The van der Waals surface area contributed by atoms with E-state index in [-0.39, 0.29) is 12.0 Å². The lowest BCUT2D eigenvalue weighted by molar-refractivity contribution is 0.0766. The van der Waals surface area contributed by atoms with E-state index in [0.717, 1.165) is 18.0 Å². The molecule has 7 nitrogen and oxygen atoms in total. The van der Waals surface area contributed by atoms with Crippen LogP contribution >= 0.6 is 0 Å². The number of anilines is 1. The van der Waals surface area contributed by atoms with E-state index in [4.69, 9.17) is 4.74 Å². The van der Waals surface area contributed by atoms with Gasteiger partial charge in [0, 0.05) is 45.7 Å². The summed E-state index contributed by atoms with van der Waals surface area (Å²) < 4.78 is 6.05. The van der Waals surface area contributed by atoms with Crippen LogP contribution in [0.2, 0.25) is 0 Å². The minimum Gasteiger partial charge on any atom is -0.485 e. The monoisotopic (exact) mass is 313 g/mol. The number of likely N-dealkylation sites (tertiary alicyclic amines) is 1. The molecule has 0 N–H and O–H groups in total. The van der Waals surface area contributed by atoms with Gasteiger partial charge in [-0.1, -0.05) is 0 Å². The Labute approximate surface area is 134 Å². The fourth-order valence-corrected chi connectivity index (χ4v) is 2.57. The van der Waals surface area contributed by atoms with E-state index in [0.29, 0.717) is 18.8 Å². The summed E-state index contributed by atoms with van der Waals surface area (Å²) in [4.78, 5) is 28.3. The van der Waals surface area contributed by atoms with Crippen LogP contribution in [-0.2, 0) is 0 Å². The van der Waals surface area contributed by atoms with Crippen molar-refractivity contribution in [1.82, 2.24) is 19.9 Å². The molecule has 120 valence electrons. The van der Waals surface area contributed by atoms with E-state index >= 15 is 0 Å². The fraction of sp³-hybridized carbons (Fsp3) is 0.375. The molecule has 7 heteroatoms. The molecule has 0 radical (unpaired) electrons. The summed E-state index contributed by atoms with van der Waals surface area (Å²) in [5, 5.41) is 0. The molecule has 1 amide bonds. The van der Waals surface area contributed by atoms with Crippen molar-refractivity contribution >= 4 is 11.7 Å². The summed E-state index contributed by atoms with van der Waals surface area (Å²) >= 11 is 0. The summed E-state index contributed by atoms with van der Waals surface area (Å²) in [7, 11) is 3.85. The predicted octanol–water partition coefficient (Wildman–Crippen LogP) is 1.23. The minimum atomic E-state index is -0.108. The van der Waals surface area contributed by atoms with Gasteiger partial charge in [-0.3, -0.25) is 9.78 Å². The van der Waals surface area contributed by atoms with Crippen molar-refractivity contribution in [3.63, 3.8) is 0 Å². The van der Waals surface area contributed by atoms with Gasteiger partial charge < -0.3 is 14.5 Å². The van der Waals surface area contributed by atoms with Crippen molar-refractivity contribution in [2.75, 3.05) is 32.1 Å². The maximum atomic E-state index is 12.4. The smallest absolute Gasteiger partial charge is 0.274 e. The topological polar surface area (TPSA) is 71.5 Å². The van der Waals surface area contributed by atoms with Crippen LogP contribution in [0.1, 0.15) is 16.9 Å². The van der Waals surface area contributed by atoms with E-state index < -0.39 is 0 Å². The van der Waals surface area contributed by atoms with Gasteiger partial charge in [-0.05, 0) is 12.1 Å². The van der Waals surface area contributed by atoms with Gasteiger partial charge in [0.05, 0.1) is 12.7 Å². The largest absolute Gasteiger partial charge is 0.485 e. The summed E-state index contributed by atoms with van der Waals surface area (Å²) in [6, 6.07) is 3.75. The Hall–Kier alpha value is -2.70. The molecule has 1 fully saturated rings. The molecule has 3 heterocycles. The van der Waals surface area contributed by atoms with E-state index in [1.807, 2.05) is 31.1 Å². The van der Waals surface area contributed by atoms with Crippen molar-refractivity contribution in [3.05, 3.63) is 42.6 Å². The average molecular weight is 313 g/mol. The van der Waals surface area contributed by atoms with Crippen LogP contribution in [0.15, 0.2) is 36.9 Å². The van der Waals surface area contributed by atoms with E-state index in [1.54, 1.807) is 17.3 Å². The van der Waals surface area contributed by atoms with Crippen LogP contribution in [-0.4, -0.2) is 59.0 Å². The van der Waals surface area contributed by atoms with Crippen molar-refractivity contribution < 1.29 is 9.53 Å². The standard InChI is InChI=1S/C16H19N5O2/c1-20(2)15-14(4-3-6-19-15)23-12-5-9-21(11-12)16(22)13-10-17-7-8-18-13/h3-4,6-8,10,12H,5,9,11H2,1-2H3/t12-/m0/s1. The number of ether oxygens (including phenoxy) is 1. The van der Waals surface area contributed by atoms with Crippen molar-refractivity contribution in [2.45, 2.75) is 12.5 Å². The van der Waals surface area contributed by atoms with Gasteiger partial charge in [0.2, 0.25) is 0 Å². The lowest BCUT2D eigenvalue weighted by atomic mass is 10.3. The molecular formula is C16H19N5O2. The number of hydrogen-bond donors (Lipinski definition) is 0. The van der Waals surface area contributed by atoms with Crippen LogP contribution in [0.5, 0.6) is 5.75 Å². The number of carbonyl (C=O) groups excluding carboxylic acids is 1. The second kappa shape index (κ2) is 6.60. The van der Waals surface area contributed by atoms with Crippen molar-refractivity contribution in [1.29, 1.82) is 0 Å². The molecule has 0 aliphatic carbocycles. The second-order valence-electron chi connectivity index (χ2n) is 5.59. The Balaban J connectivity index is 1.66. The molecule has 0 bridgehead atoms. The number of pyridine rings is 1. The van der Waals surface area contributed by atoms with Crippen LogP contribution in [0.25, 0.3) is 0 Å². The maximum Gasteiger partial charge on any atom is 0.274 e. The fourth-order valence-electron chi connectivity index (χ4n) is 2.57. The Kier molecular flexibility index (Phi) is 4.36. The first-order valence-electron chi connectivity index (χ1n) is 7.49. The lowest BCUT2D eigenvalue weighted by Crippen LogP contribution is -2.31. The molecule has 23 heavy (non-hydrogen) atoms. The number of hydrogen-bond acceptors (Lipinski definition) is 6. The van der Waals surface area contributed by atoms with E-state index in [9.17, 15) is 4.79 Å². The molecule has 0 saturated carbocycles. The summed E-state index contributed by atoms with van der Waals surface area (Å²) in [5.41, 5.74) is 0.364. The van der Waals surface area contributed by atoms with Crippen LogP contribution in [0.3, 0.4) is 0 Å². The molecule has 1 aliphatic rings. The van der Waals surface area contributed by atoms with Gasteiger partial charge in [0.25, 0.3) is 5.91 Å². The quantitative estimate of drug-likeness (QED) is 0.845. The molecular weight excluding hydrogens is 294 g/mol. The summed E-state index contributed by atoms with van der Waals surface area (Å²) in [6.45, 7) is 1.19. The van der Waals surface area contributed by atoms with E-state index in [1.165, 1.54) is 12.4 Å². The molecule has 0 aromatic carbocycles. The summed E-state index contributed by atoms with van der Waals surface area (Å²) in [6.07, 6.45) is 7.04. The Bertz CT molecular complexity index is 677. The van der Waals surface area contributed by atoms with Crippen molar-refractivity contribution in [3.8, 4) is 5.75 Å². The minimum absolute atomic E-state index is 0.0430. The molecule has 1 aliphatic heterocycles. The first-order valence-corrected chi connectivity index (χ1v) is 7.49. The lowest BCUT2D eigenvalue weighted by Gasteiger charge is -2.20. The Morgan fingerprint density at radius 3 is 2.91 bits per heavy atom. The molecule has 0 unspecified atom stereocenters. The molecule has 0 spiro atoms. The number of amides is 1. The van der Waals surface area contributed by atoms with Gasteiger partial charge >= 0.3 is 0 Å². The van der Waals surface area contributed by atoms with Gasteiger partial charge in [0.15, 0.2) is 11.6 Å². The van der Waals surface area contributed by atoms with Gasteiger partial charge in [0.1, 0.15) is 11.8 Å². The first kappa shape index (κ1) is 15.2. The van der Waals surface area contributed by atoms with Crippen molar-refractivity contribution in [2.24, 2.45) is 0 Å². The zero-order valence-electron chi connectivity index (χ0n) is 13.2. The molecule has 3 rings (SSSR count). The SMILES string of the molecule is CN(C)c1ncccc1O[C@H]1CCN(C(=O)c2cnccn2)C1. The normalized spacial score (nSPS) is 17.1. The van der Waals surface area contributed by atoms with Crippen LogP contribution < -0.4 is 9.64 Å². The third-order valence-electron chi connectivity index (χ3n) is 3.68. The predicted molar refractivity (Wildman–Crippen MR) is 85.5 cm³/mol. The van der Waals surface area contributed by atoms with Gasteiger partial charge in [-0.15, -0.1) is 0 Å². The summed E-state index contributed by atoms with van der Waals surface area (Å²) in [5.74, 6) is 1.41. The first-order chi connectivity index (χ1) is 11.1. The highest BCUT2D eigenvalue weighted by Gasteiger charge is 2.29. The maximum absolute atomic E-state index is 12.4. The third kappa shape index (κ3) is 3.39. The Morgan fingerprint density at radius 1 is 1.30 bits per heavy atom. The van der Waals surface area contributed by atoms with E-state index in [2.05, 4.69) is 15.0 Å². The molecule has 2 aromatic heterocycles. The number of rotatable bonds is 4. The highest BCUT2D eigenvalue weighted by molar-refractivity contribution is 5.92. The van der Waals surface area contributed by atoms with Crippen LogP contribution in [0, 0.1) is 0 Å².